The fourth-order valence-electron chi connectivity index (χ4n) is 16.8. The van der Waals surface area contributed by atoms with Crippen molar-refractivity contribution in [2.24, 2.45) is 33.8 Å². The summed E-state index contributed by atoms with van der Waals surface area (Å²) in [4.78, 5) is 187. The van der Waals surface area contributed by atoms with E-state index in [2.05, 4.69) is 47.5 Å². The van der Waals surface area contributed by atoms with Crippen molar-refractivity contribution >= 4 is 83.0 Å². The number of nitrogens with zero attached hydrogens (tertiary/aromatic N) is 3. The first-order valence-electron chi connectivity index (χ1n) is 45.6. The molecule has 0 aromatic heterocycles. The van der Waals surface area contributed by atoms with Gasteiger partial charge in [0.15, 0.2) is 30.9 Å². The Labute approximate surface area is 797 Å². The number of rotatable bonds is 49. The number of aliphatic hydroxyl groups is 16. The summed E-state index contributed by atoms with van der Waals surface area (Å²) in [6, 6.07) is -22.2. The van der Waals surface area contributed by atoms with E-state index in [-0.39, 0.29) is 51.6 Å². The lowest BCUT2D eigenvalue weighted by atomic mass is 9.88. The second-order valence-electron chi connectivity index (χ2n) is 35.7. The van der Waals surface area contributed by atoms with E-state index in [0.717, 1.165) is 25.7 Å². The standard InChI is InChI=1S/C83H139N15O41/c1-10-12-15-38(77(127)97-18-13-16-41(97)34(7)104)91-75(125)56(96-70(120)39(21-50(109)110)92-72(122)42-17-14-19-98(42)76(126)33(6)90-71(121)40(25-99)93-74(124)55(35(8)105)95-73(123)54(31(3)4)94-49(108)24-89-69(119)37(84)20-32(5)23-88-11-2)36(9)131-79-53(87)66(60(114)48(135-79)30-130-78-52(86)61(115)65(47(29-103)134-78)136-80-63(117)62(116)58(112)45(27-101)132-80)137-81-64(118)68(59(113)46(28-102)133-81)139-83(82(128)129)22-43(106)51(85)67(138-83)57(111)44(107)26-100/h11,23,31,33,35-48,51-68,78-81,99-103,105-107,111-118H,10,12-22,24-30,84-87H2,1-9H3,(H,89,119)(H,90,121)(H,91,125)(H,92,122)(H,93,124)(H,94,108)(H,95,123)(H,96,120)(H,109,110)(H,128,129)/b32-23+,88-11?/t33-,35?,36?,37-,38-,39-,40-,41-,42-,43+,44+,45?,46?,47?,48?,51+,52-,53?,54-,55-,56-,57+,58-,59-,60-,61?,62?,63-,64-,65+,66+,67?,68?,78+,79-,80-,81-,83-/m0/s1. The largest absolute Gasteiger partial charge is 0.481 e. The van der Waals surface area contributed by atoms with Gasteiger partial charge in [0.1, 0.15) is 152 Å². The highest BCUT2D eigenvalue weighted by atomic mass is 16.8. The number of unbranched alkanes of at least 4 members (excludes halogenated alkanes) is 1. The van der Waals surface area contributed by atoms with E-state index in [1.807, 2.05) is 0 Å². The zero-order valence-electron chi connectivity index (χ0n) is 78.1. The number of hydrogen-bond acceptors (Lipinski definition) is 44. The molecule has 0 saturated carbocycles. The van der Waals surface area contributed by atoms with Crippen molar-refractivity contribution in [3.63, 3.8) is 0 Å². The van der Waals surface area contributed by atoms with Crippen LogP contribution in [0.25, 0.3) is 0 Å². The Morgan fingerprint density at radius 1 is 0.554 bits per heavy atom. The maximum atomic E-state index is 15.5. The van der Waals surface area contributed by atoms with Gasteiger partial charge in [0.2, 0.25) is 59.1 Å². The van der Waals surface area contributed by atoms with Gasteiger partial charge in [-0.25, -0.2) is 4.79 Å². The Kier molecular flexibility index (Phi) is 45.4. The van der Waals surface area contributed by atoms with Gasteiger partial charge in [-0.2, -0.15) is 0 Å². The number of nitrogens with two attached hydrogens (primary N) is 4. The second-order valence-corrected chi connectivity index (χ2v) is 35.7. The molecule has 7 heterocycles. The van der Waals surface area contributed by atoms with Gasteiger partial charge < -0.3 is 215 Å². The number of carboxylic acids is 2. The van der Waals surface area contributed by atoms with E-state index < -0.39 is 373 Å². The average Bonchev–Trinajstić information content (AvgIpc) is 1.15. The molecule has 34 N–H and O–H groups in total. The second kappa shape index (κ2) is 53.7. The molecule has 56 heteroatoms. The first kappa shape index (κ1) is 117. The molecule has 11 unspecified atom stereocenters. The van der Waals surface area contributed by atoms with Crippen LogP contribution in [-0.2, 0) is 110 Å². The Morgan fingerprint density at radius 2 is 1.11 bits per heavy atom. The molecule has 56 nitrogen and oxygen atoms in total. The molecule has 0 spiro atoms. The van der Waals surface area contributed by atoms with Gasteiger partial charge in [0.25, 0.3) is 5.79 Å². The van der Waals surface area contributed by atoms with E-state index in [1.165, 1.54) is 38.1 Å². The number of ketones is 1. The molecule has 7 fully saturated rings. The predicted octanol–water partition coefficient (Wildman–Crippen LogP) is -15.9. The highest BCUT2D eigenvalue weighted by Gasteiger charge is 2.61. The van der Waals surface area contributed by atoms with Crippen molar-refractivity contribution in [2.45, 2.75) is 358 Å². The van der Waals surface area contributed by atoms with Crippen LogP contribution in [0, 0.1) is 5.92 Å². The van der Waals surface area contributed by atoms with E-state index in [4.69, 9.17) is 70.3 Å². The van der Waals surface area contributed by atoms with Crippen molar-refractivity contribution in [1.29, 1.82) is 0 Å². The summed E-state index contributed by atoms with van der Waals surface area (Å²) >= 11 is 0. The SMILES string of the molecule is CC=N/C=C(\C)C[C@H](N)C(=O)NCC(=O)N[C@H](C(=O)N[C@H](C(=O)N[C@@H](CO)C(=O)N[C@@H](C)C(=O)N1CCC[C@H]1C(=O)N[C@@H](CC(=O)O)C(=O)N[C@H](C(=O)N[C@@H](CCCC)C(=O)N1CCC[C@H]1C(C)=O)C(C)O[C@H]1OC(CO[C@@H]2OC(CO)[C@@H](O[C@@H]3OC(CO)[C@H](O)C(O)[C@@H]3O)C(O)[C@@H]2N)[C@H](O)[C@H](O[C@@H]2OC(CO)[C@H](O)C(O[C@]3(C(=O)O)C[C@@H](O)[C@@H](N)C([C@H](O)[C@H](O)CO)O3)[C@@H]2O)C1N)C(C)O)C(C)C. The lowest BCUT2D eigenvalue weighted by Crippen LogP contribution is -2.70. The van der Waals surface area contributed by atoms with E-state index in [0.29, 0.717) is 18.4 Å². The monoisotopic (exact) mass is 2000 g/mol. The summed E-state index contributed by atoms with van der Waals surface area (Å²) in [6.07, 6.45) is -48.2. The van der Waals surface area contributed by atoms with Crippen LogP contribution in [0.15, 0.2) is 16.8 Å². The van der Waals surface area contributed by atoms with E-state index >= 15 is 9.59 Å². The molecule has 792 valence electrons. The third-order valence-electron chi connectivity index (χ3n) is 24.8. The molecule has 10 amide bonds. The Hall–Kier alpha value is -8.48. The molecule has 0 radical (unpaired) electrons. The Bertz CT molecular complexity index is 4170. The van der Waals surface area contributed by atoms with Crippen LogP contribution in [0.1, 0.15) is 127 Å². The molecule has 38 atom stereocenters. The van der Waals surface area contributed by atoms with Gasteiger partial charge in [0, 0.05) is 31.9 Å². The first-order chi connectivity index (χ1) is 65.4. The number of aliphatic carboxylic acids is 2. The van der Waals surface area contributed by atoms with Crippen molar-refractivity contribution in [3.8, 4) is 0 Å². The maximum Gasteiger partial charge on any atom is 0.364 e. The van der Waals surface area contributed by atoms with Crippen LogP contribution in [-0.4, -0.2) is 476 Å². The van der Waals surface area contributed by atoms with Crippen LogP contribution in [0.5, 0.6) is 0 Å². The number of ether oxygens (including phenoxy) is 10. The predicted molar refractivity (Wildman–Crippen MR) is 466 cm³/mol. The molecule has 0 aromatic rings. The van der Waals surface area contributed by atoms with Gasteiger partial charge in [0.05, 0.1) is 101 Å². The number of aliphatic imine (C=N–C) groups is 1. The van der Waals surface area contributed by atoms with Crippen LogP contribution in [0.2, 0.25) is 0 Å². The molecule has 7 aliphatic rings. The molecule has 0 bridgehead atoms. The normalized spacial score (nSPS) is 33.3. The number of carboxylic acid groups (broad SMARTS) is 2. The fraction of sp³-hybridized carbons (Fsp3) is 0.807. The summed E-state index contributed by atoms with van der Waals surface area (Å²) in [6.45, 7) is 5.19. The molecule has 7 aliphatic heterocycles. The molecule has 0 aromatic carbocycles. The van der Waals surface area contributed by atoms with Gasteiger partial charge in [-0.1, -0.05) is 39.2 Å². The van der Waals surface area contributed by atoms with Crippen LogP contribution in [0.4, 0.5) is 0 Å². The highest BCUT2D eigenvalue weighted by Crippen LogP contribution is 2.40. The smallest absolute Gasteiger partial charge is 0.364 e. The molecular formula is C83H139N15O41. The van der Waals surface area contributed by atoms with Gasteiger partial charge in [-0.3, -0.25) is 62.5 Å². The maximum absolute atomic E-state index is 15.5. The summed E-state index contributed by atoms with van der Waals surface area (Å²) in [5.74, 6) is -19.3. The minimum absolute atomic E-state index is 0.0384. The van der Waals surface area contributed by atoms with Crippen LogP contribution in [0.3, 0.4) is 0 Å². The van der Waals surface area contributed by atoms with Gasteiger partial charge >= 0.3 is 11.9 Å². The molecular weight excluding hydrogens is 1860 g/mol. The number of amides is 10. The number of nitrogens with one attached hydrogen (secondary N) is 8. The minimum atomic E-state index is -3.28. The fourth-order valence-corrected chi connectivity index (χ4v) is 16.8. The number of carbonyl (C=O) groups is 13. The van der Waals surface area contributed by atoms with Crippen molar-refractivity contribution in [1.82, 2.24) is 52.3 Å². The quantitative estimate of drug-likeness (QED) is 0.0252. The van der Waals surface area contributed by atoms with E-state index in [1.54, 1.807) is 20.8 Å². The summed E-state index contributed by atoms with van der Waals surface area (Å²) < 4.78 is 59.3. The highest BCUT2D eigenvalue weighted by molar-refractivity contribution is 6.00. The van der Waals surface area contributed by atoms with Crippen molar-refractivity contribution in [2.75, 3.05) is 59.3 Å². The molecule has 0 aliphatic carbocycles. The molecule has 139 heavy (non-hydrogen) atoms. The minimum Gasteiger partial charge on any atom is -0.481 e. The lowest BCUT2D eigenvalue weighted by Gasteiger charge is -2.50. The van der Waals surface area contributed by atoms with Crippen LogP contribution < -0.4 is 65.5 Å². The lowest BCUT2D eigenvalue weighted by molar-refractivity contribution is -0.382. The number of Topliss-reactive ketones (excluding diaryl/α,β-unsaturated/α-hetero) is 1. The van der Waals surface area contributed by atoms with Crippen molar-refractivity contribution < 1.29 is 202 Å². The third kappa shape index (κ3) is 30.1. The Morgan fingerprint density at radius 3 is 1.68 bits per heavy atom. The first-order valence-corrected chi connectivity index (χ1v) is 45.6. The van der Waals surface area contributed by atoms with Crippen molar-refractivity contribution in [3.05, 3.63) is 11.8 Å². The summed E-state index contributed by atoms with van der Waals surface area (Å²) in [5, 5.41) is 215. The number of carbonyl (C=O) groups excluding carboxylic acids is 11. The zero-order chi connectivity index (χ0) is 104. The summed E-state index contributed by atoms with van der Waals surface area (Å²) in [7, 11) is 0. The number of likely N-dealkylation sites (tertiary alicyclic amines) is 2. The molecule has 7 rings (SSSR count). The third-order valence-corrected chi connectivity index (χ3v) is 24.8. The van der Waals surface area contributed by atoms with Crippen LogP contribution >= 0.6 is 0 Å². The number of aliphatic hydroxyl groups excluding tert-OH is 16. The Balaban J connectivity index is 1.18. The zero-order valence-corrected chi connectivity index (χ0v) is 78.1. The average molecular weight is 2000 g/mol. The summed E-state index contributed by atoms with van der Waals surface area (Å²) in [5.41, 5.74) is 26.1. The van der Waals surface area contributed by atoms with E-state index in [9.17, 15) is 145 Å². The van der Waals surface area contributed by atoms with Gasteiger partial charge in [-0.15, -0.1) is 0 Å². The number of hydrogen-bond donors (Lipinski definition) is 30. The molecule has 7 saturated heterocycles. The topological polar surface area (TPSA) is 898 Å². The van der Waals surface area contributed by atoms with Gasteiger partial charge in [-0.05, 0) is 86.0 Å².